The van der Waals surface area contributed by atoms with E-state index in [-0.39, 0.29) is 35.8 Å². The zero-order valence-electron chi connectivity index (χ0n) is 29.7. The Kier molecular flexibility index (Phi) is 8.93. The predicted molar refractivity (Wildman–Crippen MR) is 194 cm³/mol. The van der Waals surface area contributed by atoms with Gasteiger partial charge >= 0.3 is 0 Å². The Morgan fingerprint density at radius 2 is 1.63 bits per heavy atom. The fourth-order valence-electron chi connectivity index (χ4n) is 9.91. The molecule has 4 aromatic rings. The number of hydrogen-bond acceptors (Lipinski definition) is 7. The topological polar surface area (TPSA) is 119 Å². The van der Waals surface area contributed by atoms with Crippen LogP contribution in [-0.4, -0.2) is 50.0 Å². The monoisotopic (exact) mass is 703 g/mol. The highest BCUT2D eigenvalue weighted by molar-refractivity contribution is 5.97. The number of carbonyl (C=O) groups excluding carboxylic acids is 3. The maximum Gasteiger partial charge on any atom is 0.262 e. The first-order chi connectivity index (χ1) is 25.2. The van der Waals surface area contributed by atoms with Crippen LogP contribution in [0, 0.1) is 17.3 Å². The van der Waals surface area contributed by atoms with E-state index < -0.39 is 0 Å². The lowest BCUT2D eigenvalue weighted by atomic mass is 9.42. The summed E-state index contributed by atoms with van der Waals surface area (Å²) in [5.74, 6) is 3.52. The zero-order valence-corrected chi connectivity index (χ0v) is 29.7. The molecule has 2 heterocycles. The quantitative estimate of drug-likeness (QED) is 0.179. The van der Waals surface area contributed by atoms with Crippen LogP contribution < -0.4 is 24.8 Å². The normalized spacial score (nSPS) is 24.2. The lowest BCUT2D eigenvalue weighted by molar-refractivity contribution is -0.161. The van der Waals surface area contributed by atoms with Crippen LogP contribution in [0.1, 0.15) is 71.3 Å². The number of nitrogens with zero attached hydrogens (tertiary/aromatic N) is 1. The van der Waals surface area contributed by atoms with E-state index in [0.717, 1.165) is 56.4 Å². The van der Waals surface area contributed by atoms with Crippen LogP contribution in [0.2, 0.25) is 0 Å². The molecule has 10 heteroatoms. The molecule has 1 aromatic heterocycles. The lowest BCUT2D eigenvalue weighted by Gasteiger charge is -2.62. The Morgan fingerprint density at radius 1 is 0.885 bits per heavy atom. The SMILES string of the molecule is COc1cc2c(cc1OC)CN(C(=O)C13CC4CC(C1)CC(c1ccc(OCC(=O)Nc5cccc(C(=O)NCc6ccco6)c5)cc1)(C4)C3)CC2. The van der Waals surface area contributed by atoms with Gasteiger partial charge in [-0.05, 0) is 133 Å². The fraction of sp³-hybridized carbons (Fsp3) is 0.405. The molecule has 4 bridgehead atoms. The molecular formula is C42H45N3O7. The van der Waals surface area contributed by atoms with Gasteiger partial charge in [-0.1, -0.05) is 18.2 Å². The van der Waals surface area contributed by atoms with Crippen molar-refractivity contribution >= 4 is 23.4 Å². The molecule has 10 nitrogen and oxygen atoms in total. The first-order valence-corrected chi connectivity index (χ1v) is 18.2. The standard InChI is InChI=1S/C42H45N3O7/c1-49-36-17-29-12-13-45(24-31(29)18-37(36)50-2)40(48)42-21-27-15-28(22-42)20-41(19-27,26-42)32-8-10-34(11-9-32)52-25-38(46)44-33-6-3-5-30(16-33)39(47)43-23-35-7-4-14-51-35/h3-11,14,16-18,27-28H,12-13,15,19-26H2,1-2H3,(H,43,47)(H,44,46). The first-order valence-electron chi connectivity index (χ1n) is 18.2. The van der Waals surface area contributed by atoms with Crippen LogP contribution in [0.3, 0.4) is 0 Å². The molecule has 2 atom stereocenters. The Bertz CT molecular complexity index is 1960. The summed E-state index contributed by atoms with van der Waals surface area (Å²) >= 11 is 0. The number of rotatable bonds is 11. The van der Waals surface area contributed by atoms with Crippen molar-refractivity contribution < 1.29 is 33.0 Å². The molecule has 0 spiro atoms. The summed E-state index contributed by atoms with van der Waals surface area (Å²) in [4.78, 5) is 42.1. The van der Waals surface area contributed by atoms with Gasteiger partial charge in [-0.25, -0.2) is 0 Å². The molecule has 5 aliphatic rings. The minimum atomic E-state index is -0.331. The van der Waals surface area contributed by atoms with Crippen LogP contribution in [0.5, 0.6) is 17.2 Å². The van der Waals surface area contributed by atoms with Gasteiger partial charge < -0.3 is 34.2 Å². The van der Waals surface area contributed by atoms with Crippen LogP contribution in [0.15, 0.2) is 83.5 Å². The van der Waals surface area contributed by atoms with E-state index in [1.165, 1.54) is 17.5 Å². The molecule has 52 heavy (non-hydrogen) atoms. The molecule has 2 unspecified atom stereocenters. The number of methoxy groups -OCH3 is 2. The van der Waals surface area contributed by atoms with Crippen molar-refractivity contribution in [3.63, 3.8) is 0 Å². The van der Waals surface area contributed by atoms with Gasteiger partial charge in [0.2, 0.25) is 5.91 Å². The Balaban J connectivity index is 0.898. The van der Waals surface area contributed by atoms with Gasteiger partial charge in [0, 0.05) is 24.3 Å². The van der Waals surface area contributed by atoms with Gasteiger partial charge in [0.1, 0.15) is 11.5 Å². The third kappa shape index (κ3) is 6.50. The molecular weight excluding hydrogens is 658 g/mol. The second-order valence-corrected chi connectivity index (χ2v) is 15.2. The maximum absolute atomic E-state index is 14.6. The summed E-state index contributed by atoms with van der Waals surface area (Å²) in [7, 11) is 3.31. The Labute approximate surface area is 303 Å². The number of furan rings is 1. The molecule has 3 aromatic carbocycles. The Hall–Kier alpha value is -5.25. The molecule has 2 N–H and O–H groups in total. The third-order valence-electron chi connectivity index (χ3n) is 11.8. The first kappa shape index (κ1) is 33.9. The number of ether oxygens (including phenoxy) is 3. The summed E-state index contributed by atoms with van der Waals surface area (Å²) in [6.45, 7) is 1.43. The smallest absolute Gasteiger partial charge is 0.262 e. The molecule has 0 saturated heterocycles. The van der Waals surface area contributed by atoms with E-state index in [4.69, 9.17) is 18.6 Å². The average Bonchev–Trinajstić information content (AvgIpc) is 3.69. The van der Waals surface area contributed by atoms with Crippen molar-refractivity contribution in [1.82, 2.24) is 10.2 Å². The van der Waals surface area contributed by atoms with Crippen molar-refractivity contribution in [2.24, 2.45) is 17.3 Å². The highest BCUT2D eigenvalue weighted by Gasteiger charge is 2.61. The molecule has 3 amide bonds. The van der Waals surface area contributed by atoms with E-state index in [1.807, 2.05) is 18.2 Å². The van der Waals surface area contributed by atoms with E-state index >= 15 is 0 Å². The average molecular weight is 704 g/mol. The number of fused-ring (bicyclic) bond motifs is 1. The maximum atomic E-state index is 14.6. The van der Waals surface area contributed by atoms with Crippen LogP contribution in [-0.2, 0) is 34.5 Å². The van der Waals surface area contributed by atoms with Gasteiger partial charge in [-0.2, -0.15) is 0 Å². The summed E-state index contributed by atoms with van der Waals surface area (Å²) in [6.07, 6.45) is 8.65. The molecule has 270 valence electrons. The van der Waals surface area contributed by atoms with Crippen molar-refractivity contribution in [2.75, 3.05) is 32.7 Å². The largest absolute Gasteiger partial charge is 0.493 e. The van der Waals surface area contributed by atoms with E-state index in [0.29, 0.717) is 52.8 Å². The molecule has 0 radical (unpaired) electrons. The second-order valence-electron chi connectivity index (χ2n) is 15.2. The molecule has 4 fully saturated rings. The predicted octanol–water partition coefficient (Wildman–Crippen LogP) is 6.67. The van der Waals surface area contributed by atoms with Crippen molar-refractivity contribution in [3.05, 3.63) is 107 Å². The van der Waals surface area contributed by atoms with Crippen LogP contribution in [0.25, 0.3) is 0 Å². The highest BCUT2D eigenvalue weighted by atomic mass is 16.5. The molecule has 9 rings (SSSR count). The summed E-state index contributed by atoms with van der Waals surface area (Å²) in [5, 5.41) is 5.64. The zero-order chi connectivity index (χ0) is 35.9. The number of hydrogen-bond donors (Lipinski definition) is 2. The third-order valence-corrected chi connectivity index (χ3v) is 11.8. The number of benzene rings is 3. The van der Waals surface area contributed by atoms with Gasteiger partial charge in [0.15, 0.2) is 18.1 Å². The molecule has 1 aliphatic heterocycles. The summed E-state index contributed by atoms with van der Waals surface area (Å²) in [5.41, 5.74) is 4.19. The van der Waals surface area contributed by atoms with Gasteiger partial charge in [-0.3, -0.25) is 14.4 Å². The summed E-state index contributed by atoms with van der Waals surface area (Å²) in [6, 6.07) is 22.6. The fourth-order valence-corrected chi connectivity index (χ4v) is 9.91. The number of anilines is 1. The van der Waals surface area contributed by atoms with Crippen molar-refractivity contribution in [2.45, 2.75) is 63.5 Å². The van der Waals surface area contributed by atoms with Crippen LogP contribution in [0.4, 0.5) is 5.69 Å². The molecule has 4 saturated carbocycles. The van der Waals surface area contributed by atoms with E-state index in [1.54, 1.807) is 56.9 Å². The summed E-state index contributed by atoms with van der Waals surface area (Å²) < 4.78 is 22.3. The lowest BCUT2D eigenvalue weighted by Crippen LogP contribution is -2.60. The Morgan fingerprint density at radius 3 is 2.35 bits per heavy atom. The van der Waals surface area contributed by atoms with Crippen molar-refractivity contribution in [1.29, 1.82) is 0 Å². The van der Waals surface area contributed by atoms with Gasteiger partial charge in [0.05, 0.1) is 32.4 Å². The van der Waals surface area contributed by atoms with Crippen molar-refractivity contribution in [3.8, 4) is 17.2 Å². The van der Waals surface area contributed by atoms with Gasteiger partial charge in [0.25, 0.3) is 11.8 Å². The minimum absolute atomic E-state index is 0.0325. The number of amides is 3. The highest BCUT2D eigenvalue weighted by Crippen LogP contribution is 2.66. The van der Waals surface area contributed by atoms with Crippen LogP contribution >= 0.6 is 0 Å². The number of carbonyl (C=O) groups is 3. The number of nitrogens with one attached hydrogen (secondary N) is 2. The van der Waals surface area contributed by atoms with Gasteiger partial charge in [-0.15, -0.1) is 0 Å². The van der Waals surface area contributed by atoms with E-state index in [9.17, 15) is 14.4 Å². The minimum Gasteiger partial charge on any atom is -0.493 e. The molecule has 4 aliphatic carbocycles. The second kappa shape index (κ2) is 13.7. The van der Waals surface area contributed by atoms with E-state index in [2.05, 4.69) is 33.7 Å².